The zero-order valence-electron chi connectivity index (χ0n) is 12.3. The number of aryl methyl sites for hydroxylation is 2. The first-order chi connectivity index (χ1) is 10.3. The van der Waals surface area contributed by atoms with Crippen LogP contribution in [0.1, 0.15) is 17.5 Å². The smallest absolute Gasteiger partial charge is 0.246 e. The number of para-hydroxylation sites is 2. The lowest BCUT2D eigenvalue weighted by atomic mass is 10.0. The van der Waals surface area contributed by atoms with Crippen LogP contribution >= 0.6 is 0 Å². The lowest BCUT2D eigenvalue weighted by Gasteiger charge is -2.29. The maximum absolute atomic E-state index is 12.5. The summed E-state index contributed by atoms with van der Waals surface area (Å²) in [5, 5.41) is 3.25. The average Bonchev–Trinajstić information content (AvgIpc) is 2.53. The fourth-order valence-electron chi connectivity index (χ4n) is 2.83. The molecule has 2 aromatic carbocycles. The van der Waals surface area contributed by atoms with Crippen molar-refractivity contribution in [2.75, 3.05) is 23.3 Å². The van der Waals surface area contributed by atoms with E-state index in [9.17, 15) is 4.79 Å². The molecule has 0 saturated heterocycles. The van der Waals surface area contributed by atoms with Crippen molar-refractivity contribution in [1.82, 2.24) is 0 Å². The highest BCUT2D eigenvalue weighted by atomic mass is 16.2. The molecule has 3 rings (SSSR count). The van der Waals surface area contributed by atoms with Gasteiger partial charge in [0.25, 0.3) is 0 Å². The second-order valence-electron chi connectivity index (χ2n) is 5.45. The van der Waals surface area contributed by atoms with E-state index in [2.05, 4.69) is 11.4 Å². The van der Waals surface area contributed by atoms with Crippen LogP contribution in [-0.4, -0.2) is 19.0 Å². The third-order valence-corrected chi connectivity index (χ3v) is 3.99. The summed E-state index contributed by atoms with van der Waals surface area (Å²) in [5.74, 6) is 0.130. The van der Waals surface area contributed by atoms with Gasteiger partial charge < -0.3 is 10.2 Å². The monoisotopic (exact) mass is 280 g/mol. The Bertz CT molecular complexity index is 651. The van der Waals surface area contributed by atoms with Gasteiger partial charge in [0.2, 0.25) is 5.91 Å². The van der Waals surface area contributed by atoms with Crippen molar-refractivity contribution in [2.45, 2.75) is 19.8 Å². The fourth-order valence-corrected chi connectivity index (χ4v) is 2.83. The summed E-state index contributed by atoms with van der Waals surface area (Å²) in [5.41, 5.74) is 4.52. The Morgan fingerprint density at radius 2 is 1.90 bits per heavy atom. The molecule has 0 atom stereocenters. The molecule has 0 spiro atoms. The first-order valence-corrected chi connectivity index (χ1v) is 7.43. The third-order valence-electron chi connectivity index (χ3n) is 3.99. The van der Waals surface area contributed by atoms with Gasteiger partial charge in [-0.15, -0.1) is 0 Å². The summed E-state index contributed by atoms with van der Waals surface area (Å²) in [6.07, 6.45) is 2.10. The Morgan fingerprint density at radius 1 is 1.14 bits per heavy atom. The topological polar surface area (TPSA) is 32.3 Å². The number of benzene rings is 2. The highest BCUT2D eigenvalue weighted by Crippen LogP contribution is 2.26. The van der Waals surface area contributed by atoms with Crippen LogP contribution in [0, 0.1) is 6.92 Å². The van der Waals surface area contributed by atoms with Crippen molar-refractivity contribution in [3.05, 3.63) is 59.7 Å². The van der Waals surface area contributed by atoms with Gasteiger partial charge in [0, 0.05) is 17.9 Å². The van der Waals surface area contributed by atoms with Gasteiger partial charge in [-0.2, -0.15) is 0 Å². The number of fused-ring (bicyclic) bond motifs is 1. The molecule has 1 amide bonds. The second-order valence-corrected chi connectivity index (χ2v) is 5.45. The van der Waals surface area contributed by atoms with Gasteiger partial charge in [0.1, 0.15) is 0 Å². The van der Waals surface area contributed by atoms with E-state index in [4.69, 9.17) is 0 Å². The molecular formula is C18H20N2O. The van der Waals surface area contributed by atoms with E-state index in [1.807, 2.05) is 54.3 Å². The normalized spacial score (nSPS) is 13.7. The molecule has 0 radical (unpaired) electrons. The van der Waals surface area contributed by atoms with Crippen molar-refractivity contribution in [3.8, 4) is 0 Å². The molecule has 1 aliphatic rings. The lowest BCUT2D eigenvalue weighted by molar-refractivity contribution is -0.117. The van der Waals surface area contributed by atoms with Crippen LogP contribution in [0.5, 0.6) is 0 Å². The summed E-state index contributed by atoms with van der Waals surface area (Å²) in [6.45, 7) is 3.19. The van der Waals surface area contributed by atoms with Crippen LogP contribution in [0.15, 0.2) is 48.5 Å². The summed E-state index contributed by atoms with van der Waals surface area (Å²) in [7, 11) is 0. The number of anilines is 2. The van der Waals surface area contributed by atoms with Crippen LogP contribution in [-0.2, 0) is 11.2 Å². The Kier molecular flexibility index (Phi) is 3.91. The number of amides is 1. The zero-order valence-corrected chi connectivity index (χ0v) is 12.3. The van der Waals surface area contributed by atoms with Crippen molar-refractivity contribution in [2.24, 2.45) is 0 Å². The quantitative estimate of drug-likeness (QED) is 0.934. The van der Waals surface area contributed by atoms with E-state index in [1.54, 1.807) is 0 Å². The number of hydrogen-bond acceptors (Lipinski definition) is 2. The molecule has 0 unspecified atom stereocenters. The Balaban J connectivity index is 1.71. The highest BCUT2D eigenvalue weighted by Gasteiger charge is 2.21. The molecule has 0 fully saturated rings. The Labute approximate surface area is 125 Å². The van der Waals surface area contributed by atoms with E-state index in [0.717, 1.165) is 36.3 Å². The highest BCUT2D eigenvalue weighted by molar-refractivity contribution is 5.97. The van der Waals surface area contributed by atoms with Crippen molar-refractivity contribution < 1.29 is 4.79 Å². The molecule has 1 N–H and O–H groups in total. The van der Waals surface area contributed by atoms with Gasteiger partial charge in [-0.1, -0.05) is 36.4 Å². The molecule has 0 aromatic heterocycles. The van der Waals surface area contributed by atoms with E-state index in [1.165, 1.54) is 5.56 Å². The molecule has 0 saturated carbocycles. The largest absolute Gasteiger partial charge is 0.376 e. The third kappa shape index (κ3) is 2.92. The molecule has 21 heavy (non-hydrogen) atoms. The first-order valence-electron chi connectivity index (χ1n) is 7.43. The van der Waals surface area contributed by atoms with E-state index >= 15 is 0 Å². The Hall–Kier alpha value is -2.29. The molecule has 1 heterocycles. The number of hydrogen-bond donors (Lipinski definition) is 1. The van der Waals surface area contributed by atoms with Gasteiger partial charge in [0.05, 0.1) is 6.54 Å². The number of nitrogens with one attached hydrogen (secondary N) is 1. The minimum absolute atomic E-state index is 0.130. The molecule has 108 valence electrons. The van der Waals surface area contributed by atoms with E-state index < -0.39 is 0 Å². The van der Waals surface area contributed by atoms with Crippen LogP contribution in [0.4, 0.5) is 11.4 Å². The molecule has 3 nitrogen and oxygen atoms in total. The van der Waals surface area contributed by atoms with Crippen molar-refractivity contribution in [1.29, 1.82) is 0 Å². The lowest BCUT2D eigenvalue weighted by Crippen LogP contribution is -2.39. The Morgan fingerprint density at radius 3 is 2.76 bits per heavy atom. The summed E-state index contributed by atoms with van der Waals surface area (Å²) < 4.78 is 0. The van der Waals surface area contributed by atoms with Crippen LogP contribution in [0.2, 0.25) is 0 Å². The number of carbonyl (C=O) groups excluding carboxylic acids is 1. The van der Waals surface area contributed by atoms with Gasteiger partial charge >= 0.3 is 0 Å². The SMILES string of the molecule is Cc1ccccc1NCC(=O)N1CCCc2ccccc21. The number of carbonyl (C=O) groups is 1. The van der Waals surface area contributed by atoms with Gasteiger partial charge in [-0.05, 0) is 43.0 Å². The van der Waals surface area contributed by atoms with Gasteiger partial charge in [-0.3, -0.25) is 4.79 Å². The fraction of sp³-hybridized carbons (Fsp3) is 0.278. The molecule has 0 aliphatic carbocycles. The second kappa shape index (κ2) is 6.00. The maximum atomic E-state index is 12.5. The van der Waals surface area contributed by atoms with Crippen LogP contribution in [0.25, 0.3) is 0 Å². The molecule has 0 bridgehead atoms. The minimum atomic E-state index is 0.130. The predicted molar refractivity (Wildman–Crippen MR) is 86.8 cm³/mol. The van der Waals surface area contributed by atoms with Gasteiger partial charge in [-0.25, -0.2) is 0 Å². The summed E-state index contributed by atoms with van der Waals surface area (Å²) in [6, 6.07) is 16.2. The van der Waals surface area contributed by atoms with Crippen LogP contribution < -0.4 is 10.2 Å². The van der Waals surface area contributed by atoms with Crippen molar-refractivity contribution >= 4 is 17.3 Å². The van der Waals surface area contributed by atoms with Crippen molar-refractivity contribution in [3.63, 3.8) is 0 Å². The molecular weight excluding hydrogens is 260 g/mol. The predicted octanol–water partition coefficient (Wildman–Crippen LogP) is 3.39. The number of rotatable bonds is 3. The maximum Gasteiger partial charge on any atom is 0.246 e. The molecule has 3 heteroatoms. The van der Waals surface area contributed by atoms with Gasteiger partial charge in [0.15, 0.2) is 0 Å². The van der Waals surface area contributed by atoms with Crippen LogP contribution in [0.3, 0.4) is 0 Å². The minimum Gasteiger partial charge on any atom is -0.376 e. The van der Waals surface area contributed by atoms with E-state index in [0.29, 0.717) is 6.54 Å². The summed E-state index contributed by atoms with van der Waals surface area (Å²) >= 11 is 0. The average molecular weight is 280 g/mol. The van der Waals surface area contributed by atoms with E-state index in [-0.39, 0.29) is 5.91 Å². The number of nitrogens with zero attached hydrogens (tertiary/aromatic N) is 1. The first kappa shape index (κ1) is 13.7. The standard InChI is InChI=1S/C18H20N2O/c1-14-7-2-4-10-16(14)19-13-18(21)20-12-6-9-15-8-3-5-11-17(15)20/h2-5,7-8,10-11,19H,6,9,12-13H2,1H3. The zero-order chi connectivity index (χ0) is 14.7. The molecule has 1 aliphatic heterocycles. The summed E-state index contributed by atoms with van der Waals surface area (Å²) in [4.78, 5) is 14.4. The molecule has 2 aromatic rings.